The third-order valence-corrected chi connectivity index (χ3v) is 5.65. The van der Waals surface area contributed by atoms with E-state index in [9.17, 15) is 14.7 Å². The maximum atomic E-state index is 13.2. The molecule has 1 heterocycles. The Morgan fingerprint density at radius 2 is 1.77 bits per heavy atom. The van der Waals surface area contributed by atoms with E-state index in [-0.39, 0.29) is 18.3 Å². The van der Waals surface area contributed by atoms with Crippen LogP contribution in [0, 0.1) is 0 Å². The predicted molar refractivity (Wildman–Crippen MR) is 117 cm³/mol. The highest BCUT2D eigenvalue weighted by Crippen LogP contribution is 2.40. The Morgan fingerprint density at radius 1 is 1.03 bits per heavy atom. The molecule has 31 heavy (non-hydrogen) atoms. The molecule has 0 saturated heterocycles. The summed E-state index contributed by atoms with van der Waals surface area (Å²) >= 11 is 12.4. The van der Waals surface area contributed by atoms with Crippen LogP contribution in [0.3, 0.4) is 0 Å². The Morgan fingerprint density at radius 3 is 2.52 bits per heavy atom. The van der Waals surface area contributed by atoms with Crippen molar-refractivity contribution in [2.45, 2.75) is 18.6 Å². The number of hydrogen-bond acceptors (Lipinski definition) is 4. The van der Waals surface area contributed by atoms with Gasteiger partial charge in [-0.2, -0.15) is 0 Å². The first-order valence-corrected chi connectivity index (χ1v) is 10.2. The van der Waals surface area contributed by atoms with Crippen molar-refractivity contribution in [3.63, 3.8) is 0 Å². The molecule has 3 N–H and O–H groups in total. The Labute approximate surface area is 188 Å². The van der Waals surface area contributed by atoms with Gasteiger partial charge in [-0.25, -0.2) is 5.48 Å². The van der Waals surface area contributed by atoms with Gasteiger partial charge in [-0.05, 0) is 47.0 Å². The highest BCUT2D eigenvalue weighted by Gasteiger charge is 2.40. The normalized spacial score (nSPS) is 17.5. The molecule has 158 valence electrons. The predicted octanol–water partition coefficient (Wildman–Crippen LogP) is 4.52. The van der Waals surface area contributed by atoms with Gasteiger partial charge in [-0.3, -0.25) is 14.4 Å². The molecule has 2 amide bonds. The summed E-state index contributed by atoms with van der Waals surface area (Å²) in [4.78, 5) is 31.3. The van der Waals surface area contributed by atoms with Crippen LogP contribution in [0.25, 0.3) is 0 Å². The van der Waals surface area contributed by atoms with Gasteiger partial charge in [0.05, 0.1) is 18.6 Å². The summed E-state index contributed by atoms with van der Waals surface area (Å²) in [6, 6.07) is 17.6. The maximum absolute atomic E-state index is 13.2. The van der Waals surface area contributed by atoms with Crippen LogP contribution in [0.4, 0.5) is 0 Å². The first-order chi connectivity index (χ1) is 14.9. The Hall–Kier alpha value is -3.06. The number of rotatable bonds is 5. The van der Waals surface area contributed by atoms with E-state index in [1.165, 1.54) is 12.1 Å². The monoisotopic (exact) mass is 456 g/mol. The number of benzene rings is 3. The smallest absolute Gasteiger partial charge is 0.253 e. The second kappa shape index (κ2) is 8.98. The lowest BCUT2D eigenvalue weighted by Gasteiger charge is -2.33. The lowest BCUT2D eigenvalue weighted by atomic mass is 9.80. The Kier molecular flexibility index (Phi) is 6.13. The number of halogens is 2. The molecule has 0 saturated carbocycles. The van der Waals surface area contributed by atoms with E-state index in [0.717, 1.165) is 5.56 Å². The molecule has 0 aliphatic carbocycles. The van der Waals surface area contributed by atoms with E-state index in [4.69, 9.17) is 28.0 Å². The summed E-state index contributed by atoms with van der Waals surface area (Å²) in [5, 5.41) is 13.1. The molecule has 6 nitrogen and oxygen atoms in total. The van der Waals surface area contributed by atoms with Crippen LogP contribution < -0.4 is 10.8 Å². The van der Waals surface area contributed by atoms with E-state index >= 15 is 0 Å². The van der Waals surface area contributed by atoms with Crippen molar-refractivity contribution < 1.29 is 19.5 Å². The molecule has 8 heteroatoms. The van der Waals surface area contributed by atoms with Crippen molar-refractivity contribution in [3.05, 3.63) is 99.0 Å². The minimum absolute atomic E-state index is 0.110. The van der Waals surface area contributed by atoms with Gasteiger partial charge in [0.15, 0.2) is 0 Å². The van der Waals surface area contributed by atoms with Crippen molar-refractivity contribution in [1.29, 1.82) is 0 Å². The Bertz CT molecular complexity index is 1130. The molecule has 2 atom stereocenters. The zero-order valence-electron chi connectivity index (χ0n) is 16.1. The number of carbonyl (C=O) groups is 2. The van der Waals surface area contributed by atoms with Gasteiger partial charge in [0.25, 0.3) is 11.8 Å². The number of fused-ring (bicyclic) bond motifs is 1. The first kappa shape index (κ1) is 21.2. The Balaban J connectivity index is 1.61. The molecule has 4 rings (SSSR count). The summed E-state index contributed by atoms with van der Waals surface area (Å²) in [6.07, 6.45) is 0. The van der Waals surface area contributed by atoms with Crippen LogP contribution in [0.15, 0.2) is 66.7 Å². The molecule has 0 fully saturated rings. The van der Waals surface area contributed by atoms with Gasteiger partial charge in [0.2, 0.25) is 0 Å². The van der Waals surface area contributed by atoms with E-state index < -0.39 is 17.9 Å². The molecule has 0 radical (unpaired) electrons. The number of hydroxylamine groups is 1. The third kappa shape index (κ3) is 4.51. The molecule has 0 unspecified atom stereocenters. The topological polar surface area (TPSA) is 87.7 Å². The van der Waals surface area contributed by atoms with E-state index in [0.29, 0.717) is 26.7 Å². The molecule has 0 bridgehead atoms. The quantitative estimate of drug-likeness (QED) is 0.492. The average molecular weight is 457 g/mol. The second-order valence-corrected chi connectivity index (χ2v) is 7.95. The minimum Gasteiger partial charge on any atom is -0.508 e. The number of carbonyl (C=O) groups excluding carboxylic acids is 2. The van der Waals surface area contributed by atoms with Gasteiger partial charge < -0.3 is 10.4 Å². The number of hydrogen-bond donors (Lipinski definition) is 3. The molecule has 0 spiro atoms. The van der Waals surface area contributed by atoms with E-state index in [1.807, 2.05) is 0 Å². The maximum Gasteiger partial charge on any atom is 0.253 e. The lowest BCUT2D eigenvalue weighted by molar-refractivity contribution is -0.137. The minimum atomic E-state index is -0.771. The van der Waals surface area contributed by atoms with E-state index in [2.05, 4.69) is 10.8 Å². The van der Waals surface area contributed by atoms with Crippen LogP contribution in [-0.4, -0.2) is 16.9 Å². The van der Waals surface area contributed by atoms with Crippen LogP contribution in [0.2, 0.25) is 10.0 Å². The molecular weight excluding hydrogens is 439 g/mol. The summed E-state index contributed by atoms with van der Waals surface area (Å²) in [6.45, 7) is 0.110. The zero-order chi connectivity index (χ0) is 22.0. The standard InChI is InChI=1S/C23H18Cl2N2O4/c24-14-7-10-18(19(25)11-14)21-20(16-3-1-2-4-17(16)22(29)26-21)23(30)27-31-12-13-5-8-15(28)9-6-13/h1-11,20-21,28H,12H2,(H,26,29)(H,27,30)/t20-,21+/m1/s1. The second-order valence-electron chi connectivity index (χ2n) is 7.10. The number of nitrogens with one attached hydrogen (secondary N) is 2. The average Bonchev–Trinajstić information content (AvgIpc) is 2.75. The van der Waals surface area contributed by atoms with Crippen molar-refractivity contribution in [1.82, 2.24) is 10.8 Å². The fourth-order valence-electron chi connectivity index (χ4n) is 3.61. The van der Waals surface area contributed by atoms with Gasteiger partial charge in [-0.1, -0.05) is 59.6 Å². The van der Waals surface area contributed by atoms with Crippen molar-refractivity contribution in [2.75, 3.05) is 0 Å². The molecule has 1 aliphatic rings. The third-order valence-electron chi connectivity index (χ3n) is 5.09. The highest BCUT2D eigenvalue weighted by molar-refractivity contribution is 6.35. The van der Waals surface area contributed by atoms with Crippen molar-refractivity contribution in [3.8, 4) is 5.75 Å². The number of amides is 2. The van der Waals surface area contributed by atoms with Crippen molar-refractivity contribution >= 4 is 35.0 Å². The summed E-state index contributed by atoms with van der Waals surface area (Å²) in [7, 11) is 0. The number of phenolic OH excluding ortho intramolecular Hbond substituents is 1. The van der Waals surface area contributed by atoms with Gasteiger partial charge in [0.1, 0.15) is 5.75 Å². The molecule has 0 aromatic heterocycles. The van der Waals surface area contributed by atoms with Crippen LogP contribution in [-0.2, 0) is 16.2 Å². The van der Waals surface area contributed by atoms with E-state index in [1.54, 1.807) is 54.6 Å². The molecule has 1 aliphatic heterocycles. The zero-order valence-corrected chi connectivity index (χ0v) is 17.7. The van der Waals surface area contributed by atoms with Crippen LogP contribution in [0.5, 0.6) is 5.75 Å². The van der Waals surface area contributed by atoms with Gasteiger partial charge in [-0.15, -0.1) is 0 Å². The SMILES string of the molecule is O=C1N[C@@H](c2ccc(Cl)cc2Cl)[C@H](C(=O)NOCc2ccc(O)cc2)c2ccccc21. The van der Waals surface area contributed by atoms with Crippen LogP contribution in [0.1, 0.15) is 39.0 Å². The number of phenols is 1. The fraction of sp³-hybridized carbons (Fsp3) is 0.130. The molecule has 3 aromatic carbocycles. The molecular formula is C23H18Cl2N2O4. The summed E-state index contributed by atoms with van der Waals surface area (Å²) < 4.78 is 0. The van der Waals surface area contributed by atoms with Crippen LogP contribution >= 0.6 is 23.2 Å². The molecule has 3 aromatic rings. The largest absolute Gasteiger partial charge is 0.508 e. The lowest BCUT2D eigenvalue weighted by Crippen LogP contribution is -2.44. The number of aromatic hydroxyl groups is 1. The summed E-state index contributed by atoms with van der Waals surface area (Å²) in [5.41, 5.74) is 4.82. The summed E-state index contributed by atoms with van der Waals surface area (Å²) in [5.74, 6) is -1.35. The van der Waals surface area contributed by atoms with Gasteiger partial charge >= 0.3 is 0 Å². The highest BCUT2D eigenvalue weighted by atomic mass is 35.5. The fourth-order valence-corrected chi connectivity index (χ4v) is 4.13. The van der Waals surface area contributed by atoms with Crippen molar-refractivity contribution in [2.24, 2.45) is 0 Å². The first-order valence-electron chi connectivity index (χ1n) is 9.48. The van der Waals surface area contributed by atoms with Gasteiger partial charge in [0, 0.05) is 15.6 Å².